The van der Waals surface area contributed by atoms with Gasteiger partial charge in [-0.05, 0) is 62.2 Å². The van der Waals surface area contributed by atoms with Crippen LogP contribution >= 0.6 is 0 Å². The van der Waals surface area contributed by atoms with Crippen LogP contribution < -0.4 is 0 Å². The number of aliphatic hydroxyl groups is 2. The number of hydrogen-bond acceptors (Lipinski definition) is 2. The summed E-state index contributed by atoms with van der Waals surface area (Å²) in [5.41, 5.74) is 0. The number of hydrogen-bond donors (Lipinski definition) is 2. The molecular formula is C14H26O2. The van der Waals surface area contributed by atoms with Crippen molar-refractivity contribution in [3.8, 4) is 0 Å². The Bertz CT molecular complexity index is 185. The maximum Gasteiger partial charge on any atom is 0.0433 e. The van der Waals surface area contributed by atoms with Gasteiger partial charge < -0.3 is 10.2 Å². The molecule has 0 bridgehead atoms. The van der Waals surface area contributed by atoms with Crippen molar-refractivity contribution in [3.63, 3.8) is 0 Å². The quantitative estimate of drug-likeness (QED) is 0.773. The van der Waals surface area contributed by atoms with E-state index in [2.05, 4.69) is 0 Å². The average molecular weight is 226 g/mol. The molecular weight excluding hydrogens is 200 g/mol. The van der Waals surface area contributed by atoms with Crippen LogP contribution in [0, 0.1) is 23.7 Å². The van der Waals surface area contributed by atoms with E-state index in [1.54, 1.807) is 0 Å². The van der Waals surface area contributed by atoms with Crippen molar-refractivity contribution < 1.29 is 10.2 Å². The average Bonchev–Trinajstić information content (AvgIpc) is 2.29. The van der Waals surface area contributed by atoms with Gasteiger partial charge in [0.2, 0.25) is 0 Å². The zero-order valence-corrected chi connectivity index (χ0v) is 10.3. The summed E-state index contributed by atoms with van der Waals surface area (Å²) in [6, 6.07) is 0. The molecule has 2 aliphatic rings. The van der Waals surface area contributed by atoms with Crippen LogP contribution in [0.25, 0.3) is 0 Å². The second-order valence-corrected chi connectivity index (χ2v) is 5.90. The summed E-state index contributed by atoms with van der Waals surface area (Å²) in [6.45, 7) is 0.726. The van der Waals surface area contributed by atoms with Crippen LogP contribution in [0.4, 0.5) is 0 Å². The minimum absolute atomic E-state index is 0.363. The largest absolute Gasteiger partial charge is 0.396 e. The van der Waals surface area contributed by atoms with Crippen LogP contribution in [0.3, 0.4) is 0 Å². The van der Waals surface area contributed by atoms with Crippen molar-refractivity contribution in [1.29, 1.82) is 0 Å². The molecule has 2 N–H and O–H groups in total. The maximum absolute atomic E-state index is 9.02. The van der Waals surface area contributed by atoms with Crippen LogP contribution in [-0.2, 0) is 0 Å². The molecule has 16 heavy (non-hydrogen) atoms. The highest BCUT2D eigenvalue weighted by Gasteiger charge is 2.34. The molecule has 2 nitrogen and oxygen atoms in total. The van der Waals surface area contributed by atoms with Crippen molar-refractivity contribution >= 4 is 0 Å². The molecule has 2 fully saturated rings. The standard InChI is InChI=1S/C14H26O2/c15-7-5-11-1-3-13-4-2-12(6-8-16)10-14(13)9-11/h11-16H,1-10H2. The van der Waals surface area contributed by atoms with Gasteiger partial charge in [-0.3, -0.25) is 0 Å². The first-order valence-electron chi connectivity index (χ1n) is 7.05. The van der Waals surface area contributed by atoms with Gasteiger partial charge in [0.05, 0.1) is 0 Å². The number of fused-ring (bicyclic) bond motifs is 1. The smallest absolute Gasteiger partial charge is 0.0433 e. The van der Waals surface area contributed by atoms with Crippen LogP contribution in [-0.4, -0.2) is 23.4 Å². The molecule has 0 saturated heterocycles. The summed E-state index contributed by atoms with van der Waals surface area (Å²) in [7, 11) is 0. The molecule has 2 saturated carbocycles. The van der Waals surface area contributed by atoms with E-state index in [1.807, 2.05) is 0 Å². The monoisotopic (exact) mass is 226 g/mol. The predicted octanol–water partition coefficient (Wildman–Crippen LogP) is 2.58. The van der Waals surface area contributed by atoms with Gasteiger partial charge in [-0.25, -0.2) is 0 Å². The molecule has 0 amide bonds. The minimum Gasteiger partial charge on any atom is -0.396 e. The Morgan fingerprint density at radius 3 is 1.62 bits per heavy atom. The first-order valence-corrected chi connectivity index (χ1v) is 7.05. The zero-order chi connectivity index (χ0) is 11.4. The Balaban J connectivity index is 1.83. The second-order valence-electron chi connectivity index (χ2n) is 5.90. The molecule has 94 valence electrons. The lowest BCUT2D eigenvalue weighted by Gasteiger charge is -2.42. The second kappa shape index (κ2) is 6.02. The van der Waals surface area contributed by atoms with Crippen molar-refractivity contribution in [2.75, 3.05) is 13.2 Å². The normalized spacial score (nSPS) is 39.4. The predicted molar refractivity (Wildman–Crippen MR) is 65.1 cm³/mol. The Kier molecular flexibility index (Phi) is 4.66. The molecule has 2 heteroatoms. The van der Waals surface area contributed by atoms with E-state index in [4.69, 9.17) is 10.2 Å². The van der Waals surface area contributed by atoms with Crippen molar-refractivity contribution in [2.45, 2.75) is 51.4 Å². The summed E-state index contributed by atoms with van der Waals surface area (Å²) >= 11 is 0. The molecule has 0 radical (unpaired) electrons. The van der Waals surface area contributed by atoms with Gasteiger partial charge in [0.25, 0.3) is 0 Å². The highest BCUT2D eigenvalue weighted by atomic mass is 16.3. The topological polar surface area (TPSA) is 40.5 Å². The van der Waals surface area contributed by atoms with Gasteiger partial charge in [0.15, 0.2) is 0 Å². The van der Waals surface area contributed by atoms with Gasteiger partial charge in [-0.2, -0.15) is 0 Å². The molecule has 2 unspecified atom stereocenters. The third kappa shape index (κ3) is 2.98. The molecule has 0 heterocycles. The summed E-state index contributed by atoms with van der Waals surface area (Å²) in [5.74, 6) is 3.42. The Morgan fingerprint density at radius 1 is 0.688 bits per heavy atom. The summed E-state index contributed by atoms with van der Waals surface area (Å²) in [6.07, 6.45) is 10.2. The lowest BCUT2D eigenvalue weighted by atomic mass is 9.64. The van der Waals surface area contributed by atoms with Crippen LogP contribution in [0.5, 0.6) is 0 Å². The van der Waals surface area contributed by atoms with Crippen LogP contribution in [0.15, 0.2) is 0 Å². The number of rotatable bonds is 4. The van der Waals surface area contributed by atoms with Gasteiger partial charge in [-0.15, -0.1) is 0 Å². The minimum atomic E-state index is 0.363. The zero-order valence-electron chi connectivity index (χ0n) is 10.3. The van der Waals surface area contributed by atoms with Crippen molar-refractivity contribution in [1.82, 2.24) is 0 Å². The fourth-order valence-corrected chi connectivity index (χ4v) is 3.98. The van der Waals surface area contributed by atoms with E-state index in [-0.39, 0.29) is 0 Å². The maximum atomic E-state index is 9.02. The molecule has 0 aromatic heterocycles. The van der Waals surface area contributed by atoms with Crippen molar-refractivity contribution in [3.05, 3.63) is 0 Å². The Labute approximate surface area is 99.1 Å². The van der Waals surface area contributed by atoms with Crippen molar-refractivity contribution in [2.24, 2.45) is 23.7 Å². The first kappa shape index (κ1) is 12.4. The SMILES string of the molecule is OCCC1CCC2CCC(CCO)CC2C1. The molecule has 2 aliphatic carbocycles. The third-order valence-corrected chi connectivity index (χ3v) is 4.90. The third-order valence-electron chi connectivity index (χ3n) is 4.90. The van der Waals surface area contributed by atoms with Crippen LogP contribution in [0.1, 0.15) is 51.4 Å². The van der Waals surface area contributed by atoms with E-state index in [0.29, 0.717) is 13.2 Å². The van der Waals surface area contributed by atoms with Gasteiger partial charge in [-0.1, -0.05) is 12.8 Å². The highest BCUT2D eigenvalue weighted by Crippen LogP contribution is 2.45. The van der Waals surface area contributed by atoms with E-state index in [9.17, 15) is 0 Å². The fraction of sp³-hybridized carbons (Fsp3) is 1.00. The van der Waals surface area contributed by atoms with E-state index >= 15 is 0 Å². The molecule has 0 aromatic rings. The summed E-state index contributed by atoms with van der Waals surface area (Å²) in [5, 5.41) is 18.0. The number of aliphatic hydroxyl groups excluding tert-OH is 2. The van der Waals surface area contributed by atoms with E-state index < -0.39 is 0 Å². The molecule has 0 aliphatic heterocycles. The molecule has 0 spiro atoms. The Morgan fingerprint density at radius 2 is 1.19 bits per heavy atom. The fourth-order valence-electron chi connectivity index (χ4n) is 3.98. The molecule has 2 rings (SSSR count). The lowest BCUT2D eigenvalue weighted by Crippen LogP contribution is -2.31. The lowest BCUT2D eigenvalue weighted by molar-refractivity contribution is 0.0779. The Hall–Kier alpha value is -0.0800. The highest BCUT2D eigenvalue weighted by molar-refractivity contribution is 4.86. The van der Waals surface area contributed by atoms with E-state index in [1.165, 1.54) is 38.5 Å². The first-order chi connectivity index (χ1) is 7.83. The molecule has 0 aromatic carbocycles. The summed E-state index contributed by atoms with van der Waals surface area (Å²) in [4.78, 5) is 0. The van der Waals surface area contributed by atoms with Gasteiger partial charge in [0.1, 0.15) is 0 Å². The van der Waals surface area contributed by atoms with Gasteiger partial charge >= 0.3 is 0 Å². The van der Waals surface area contributed by atoms with E-state index in [0.717, 1.165) is 36.5 Å². The van der Waals surface area contributed by atoms with Crippen LogP contribution in [0.2, 0.25) is 0 Å². The molecule has 2 atom stereocenters. The summed E-state index contributed by atoms with van der Waals surface area (Å²) < 4.78 is 0. The van der Waals surface area contributed by atoms with Gasteiger partial charge in [0, 0.05) is 13.2 Å².